The predicted octanol–water partition coefficient (Wildman–Crippen LogP) is 3.13. The highest BCUT2D eigenvalue weighted by Gasteiger charge is 2.37. The highest BCUT2D eigenvalue weighted by molar-refractivity contribution is 6.31. The number of benzene rings is 2. The molecule has 0 radical (unpaired) electrons. The summed E-state index contributed by atoms with van der Waals surface area (Å²) in [7, 11) is 0. The van der Waals surface area contributed by atoms with Gasteiger partial charge in [0.1, 0.15) is 0 Å². The van der Waals surface area contributed by atoms with E-state index in [1.165, 1.54) is 6.92 Å². The van der Waals surface area contributed by atoms with Gasteiger partial charge in [0.05, 0.1) is 0 Å². The molecule has 4 N–H and O–H groups in total. The summed E-state index contributed by atoms with van der Waals surface area (Å²) in [4.78, 5) is 11.0. The van der Waals surface area contributed by atoms with E-state index >= 15 is 0 Å². The second kappa shape index (κ2) is 7.79. The fraction of sp³-hybridized carbons (Fsp3) is 0.235. The molecule has 6 heteroatoms. The number of aliphatic carboxylic acids is 1. The van der Waals surface area contributed by atoms with Crippen molar-refractivity contribution < 1.29 is 15.0 Å². The molecule has 0 saturated heterocycles. The molecule has 2 unspecified atom stereocenters. The van der Waals surface area contributed by atoms with Crippen molar-refractivity contribution in [1.29, 1.82) is 0 Å². The quantitative estimate of drug-likeness (QED) is 0.769. The van der Waals surface area contributed by atoms with Crippen molar-refractivity contribution in [3.05, 3.63) is 59.1 Å². The number of carboxylic acids is 1. The van der Waals surface area contributed by atoms with Crippen LogP contribution < -0.4 is 5.73 Å². The van der Waals surface area contributed by atoms with E-state index in [4.69, 9.17) is 22.4 Å². The van der Waals surface area contributed by atoms with E-state index < -0.39 is 17.6 Å². The molecule has 0 fully saturated rings. The van der Waals surface area contributed by atoms with E-state index in [9.17, 15) is 9.90 Å². The molecule has 2 aromatic carbocycles. The van der Waals surface area contributed by atoms with Crippen molar-refractivity contribution in [2.45, 2.75) is 25.0 Å². The molecule has 4 nitrogen and oxygen atoms in total. The van der Waals surface area contributed by atoms with Crippen LogP contribution in [0, 0.1) is 0 Å². The lowest BCUT2D eigenvalue weighted by Crippen LogP contribution is -2.52. The molecule has 2 aromatic rings. The van der Waals surface area contributed by atoms with Gasteiger partial charge in [-0.25, -0.2) is 4.79 Å². The number of carbonyl (C=O) groups is 1. The highest BCUT2D eigenvalue weighted by atomic mass is 35.5. The lowest BCUT2D eigenvalue weighted by molar-refractivity contribution is -0.158. The summed E-state index contributed by atoms with van der Waals surface area (Å²) in [5.74, 6) is -1.35. The van der Waals surface area contributed by atoms with Gasteiger partial charge in [-0.3, -0.25) is 0 Å². The maximum Gasteiger partial charge on any atom is 0.337 e. The Morgan fingerprint density at radius 2 is 1.83 bits per heavy atom. The predicted molar refractivity (Wildman–Crippen MR) is 94.1 cm³/mol. The van der Waals surface area contributed by atoms with Crippen LogP contribution in [0.1, 0.15) is 12.5 Å². The topological polar surface area (TPSA) is 83.5 Å². The van der Waals surface area contributed by atoms with Crippen molar-refractivity contribution in [3.63, 3.8) is 0 Å². The van der Waals surface area contributed by atoms with Gasteiger partial charge < -0.3 is 15.9 Å². The first-order chi connectivity index (χ1) is 10.3. The van der Waals surface area contributed by atoms with Crippen LogP contribution in [0.3, 0.4) is 0 Å². The zero-order valence-electron chi connectivity index (χ0n) is 12.6. The van der Waals surface area contributed by atoms with Gasteiger partial charge in [-0.2, -0.15) is 0 Å². The van der Waals surface area contributed by atoms with Crippen molar-refractivity contribution >= 4 is 30.0 Å². The zero-order chi connectivity index (χ0) is 16.3. The molecule has 23 heavy (non-hydrogen) atoms. The Labute approximate surface area is 146 Å². The van der Waals surface area contributed by atoms with Crippen LogP contribution in [0.15, 0.2) is 48.5 Å². The molecule has 0 aliphatic heterocycles. The van der Waals surface area contributed by atoms with Crippen molar-refractivity contribution in [3.8, 4) is 11.1 Å². The Kier molecular flexibility index (Phi) is 6.59. The minimum atomic E-state index is -2.00. The Morgan fingerprint density at radius 3 is 2.35 bits per heavy atom. The Bertz CT molecular complexity index is 675. The van der Waals surface area contributed by atoms with E-state index in [1.807, 2.05) is 48.5 Å². The minimum absolute atomic E-state index is 0. The van der Waals surface area contributed by atoms with E-state index in [2.05, 4.69) is 0 Å². The second-order valence-corrected chi connectivity index (χ2v) is 5.84. The van der Waals surface area contributed by atoms with Gasteiger partial charge in [-0.05, 0) is 36.1 Å². The summed E-state index contributed by atoms with van der Waals surface area (Å²) in [5.41, 5.74) is 6.52. The van der Waals surface area contributed by atoms with Gasteiger partial charge in [-0.1, -0.05) is 54.1 Å². The Balaban J connectivity index is 0.00000264. The fourth-order valence-electron chi connectivity index (χ4n) is 2.12. The molecule has 0 amide bonds. The van der Waals surface area contributed by atoms with Crippen molar-refractivity contribution in [2.24, 2.45) is 5.73 Å². The van der Waals surface area contributed by atoms with Crippen LogP contribution in [-0.4, -0.2) is 27.8 Å². The average Bonchev–Trinajstić information content (AvgIpc) is 2.49. The smallest absolute Gasteiger partial charge is 0.337 e. The zero-order valence-corrected chi connectivity index (χ0v) is 14.1. The first-order valence-electron chi connectivity index (χ1n) is 6.87. The van der Waals surface area contributed by atoms with Gasteiger partial charge in [0.25, 0.3) is 0 Å². The van der Waals surface area contributed by atoms with Crippen molar-refractivity contribution in [2.75, 3.05) is 0 Å². The molecule has 0 bridgehead atoms. The first-order valence-corrected chi connectivity index (χ1v) is 7.25. The van der Waals surface area contributed by atoms with Gasteiger partial charge in [0, 0.05) is 11.1 Å². The molecule has 2 atom stereocenters. The minimum Gasteiger partial charge on any atom is -0.479 e. The second-order valence-electron chi connectivity index (χ2n) is 5.44. The third kappa shape index (κ3) is 4.45. The number of rotatable bonds is 5. The number of aliphatic hydroxyl groups is 1. The number of halogens is 2. The van der Waals surface area contributed by atoms with Gasteiger partial charge in [0.2, 0.25) is 0 Å². The summed E-state index contributed by atoms with van der Waals surface area (Å²) < 4.78 is 0. The molecule has 0 heterocycles. The lowest BCUT2D eigenvalue weighted by Gasteiger charge is -2.26. The molecule has 2 rings (SSSR count). The SMILES string of the molecule is CC(O)(C(=O)O)C(N)Cc1ccc(-c2ccccc2)cc1Cl.Cl. The van der Waals surface area contributed by atoms with Crippen LogP contribution in [0.4, 0.5) is 0 Å². The van der Waals surface area contributed by atoms with Crippen LogP contribution in [0.25, 0.3) is 11.1 Å². The number of carboxylic acid groups (broad SMARTS) is 1. The molecule has 0 spiro atoms. The van der Waals surface area contributed by atoms with Gasteiger partial charge in [0.15, 0.2) is 5.60 Å². The molecule has 124 valence electrons. The van der Waals surface area contributed by atoms with Gasteiger partial charge in [-0.15, -0.1) is 12.4 Å². The standard InChI is InChI=1S/C17H18ClNO3.ClH/c1-17(22,16(20)21)15(19)10-13-8-7-12(9-14(13)18)11-5-3-2-4-6-11;/h2-9,15,22H,10,19H2,1H3,(H,20,21);1H. The van der Waals surface area contributed by atoms with Crippen LogP contribution in [0.5, 0.6) is 0 Å². The van der Waals surface area contributed by atoms with Crippen LogP contribution in [0.2, 0.25) is 5.02 Å². The molecule has 0 aliphatic rings. The van der Waals surface area contributed by atoms with E-state index in [0.717, 1.165) is 11.1 Å². The molecule has 0 saturated carbocycles. The summed E-state index contributed by atoms with van der Waals surface area (Å²) in [6.45, 7) is 1.19. The summed E-state index contributed by atoms with van der Waals surface area (Å²) in [6.07, 6.45) is 0.174. The third-order valence-corrected chi connectivity index (χ3v) is 4.11. The summed E-state index contributed by atoms with van der Waals surface area (Å²) in [5, 5.41) is 19.4. The van der Waals surface area contributed by atoms with Crippen LogP contribution >= 0.6 is 24.0 Å². The van der Waals surface area contributed by atoms with Crippen LogP contribution in [-0.2, 0) is 11.2 Å². The van der Waals surface area contributed by atoms with E-state index in [0.29, 0.717) is 10.6 Å². The number of hydrogen-bond acceptors (Lipinski definition) is 3. The normalized spacial score (nSPS) is 14.4. The third-order valence-electron chi connectivity index (χ3n) is 3.76. The van der Waals surface area contributed by atoms with E-state index in [1.54, 1.807) is 0 Å². The largest absolute Gasteiger partial charge is 0.479 e. The Morgan fingerprint density at radius 1 is 1.22 bits per heavy atom. The maximum absolute atomic E-state index is 11.0. The lowest BCUT2D eigenvalue weighted by atomic mass is 9.91. The fourth-order valence-corrected chi connectivity index (χ4v) is 2.37. The number of nitrogens with two attached hydrogens (primary N) is 1. The average molecular weight is 356 g/mol. The Hall–Kier alpha value is -1.59. The monoisotopic (exact) mass is 355 g/mol. The van der Waals surface area contributed by atoms with Crippen molar-refractivity contribution in [1.82, 2.24) is 0 Å². The number of hydrogen-bond donors (Lipinski definition) is 3. The first kappa shape index (κ1) is 19.5. The summed E-state index contributed by atoms with van der Waals surface area (Å²) >= 11 is 6.27. The van der Waals surface area contributed by atoms with Gasteiger partial charge >= 0.3 is 5.97 Å². The summed E-state index contributed by atoms with van der Waals surface area (Å²) in [6, 6.07) is 14.3. The molecular formula is C17H19Cl2NO3. The van der Waals surface area contributed by atoms with E-state index in [-0.39, 0.29) is 18.8 Å². The maximum atomic E-state index is 11.0. The molecule has 0 aliphatic carbocycles. The molecule has 0 aromatic heterocycles. The molecular weight excluding hydrogens is 337 g/mol. The highest BCUT2D eigenvalue weighted by Crippen LogP contribution is 2.27.